The van der Waals surface area contributed by atoms with Crippen molar-refractivity contribution in [2.24, 2.45) is 5.10 Å². The second-order valence-electron chi connectivity index (χ2n) is 8.78. The summed E-state index contributed by atoms with van der Waals surface area (Å²) in [6, 6.07) is 9.26. The fourth-order valence-corrected chi connectivity index (χ4v) is 4.68. The van der Waals surface area contributed by atoms with Crippen LogP contribution in [0.2, 0.25) is 5.02 Å². The summed E-state index contributed by atoms with van der Waals surface area (Å²) < 4.78 is 11.1. The van der Waals surface area contributed by atoms with Gasteiger partial charge in [0.15, 0.2) is 0 Å². The van der Waals surface area contributed by atoms with E-state index in [0.29, 0.717) is 28.2 Å². The summed E-state index contributed by atoms with van der Waals surface area (Å²) in [6.07, 6.45) is 8.75. The molecule has 0 unspecified atom stereocenters. The molecule has 2 fully saturated rings. The summed E-state index contributed by atoms with van der Waals surface area (Å²) in [5.74, 6) is 3.78. The molecule has 0 amide bonds. The number of nitrogens with one attached hydrogen (secondary N) is 1. The summed E-state index contributed by atoms with van der Waals surface area (Å²) in [5, 5.41) is 4.86. The zero-order valence-electron chi connectivity index (χ0n) is 19.9. The van der Waals surface area contributed by atoms with Gasteiger partial charge in [-0.1, -0.05) is 11.6 Å². The van der Waals surface area contributed by atoms with Gasteiger partial charge in [0.05, 0.1) is 18.3 Å². The van der Waals surface area contributed by atoms with Crippen molar-refractivity contribution in [3.8, 4) is 17.1 Å². The molecule has 2 aromatic heterocycles. The molecule has 9 nitrogen and oxygen atoms in total. The zero-order valence-corrected chi connectivity index (χ0v) is 20.7. The minimum absolute atomic E-state index is 0.436. The molecule has 184 valence electrons. The second kappa shape index (κ2) is 10.9. The van der Waals surface area contributed by atoms with Crippen molar-refractivity contribution in [1.82, 2.24) is 15.0 Å². The molecule has 2 saturated heterocycles. The van der Waals surface area contributed by atoms with Gasteiger partial charge in [-0.3, -0.25) is 0 Å². The highest BCUT2D eigenvalue weighted by Gasteiger charge is 2.20. The highest BCUT2D eigenvalue weighted by molar-refractivity contribution is 6.32. The number of hydrogen-bond donors (Lipinski definition) is 1. The number of hydrogen-bond acceptors (Lipinski definition) is 9. The van der Waals surface area contributed by atoms with E-state index in [1.165, 1.54) is 12.8 Å². The van der Waals surface area contributed by atoms with E-state index in [-0.39, 0.29) is 0 Å². The van der Waals surface area contributed by atoms with Gasteiger partial charge in [-0.25, -0.2) is 5.43 Å². The number of ether oxygens (including phenoxy) is 1. The van der Waals surface area contributed by atoms with E-state index < -0.39 is 0 Å². The van der Waals surface area contributed by atoms with Crippen LogP contribution in [0.15, 0.2) is 39.9 Å². The Labute approximate surface area is 210 Å². The lowest BCUT2D eigenvalue weighted by atomic mass is 10.1. The predicted molar refractivity (Wildman–Crippen MR) is 139 cm³/mol. The van der Waals surface area contributed by atoms with Crippen LogP contribution in [0.5, 0.6) is 5.75 Å². The maximum Gasteiger partial charge on any atom is 0.250 e. The average molecular weight is 496 g/mol. The molecule has 0 bridgehead atoms. The molecule has 0 atom stereocenters. The van der Waals surface area contributed by atoms with Gasteiger partial charge in [0.25, 0.3) is 0 Å². The summed E-state index contributed by atoms with van der Waals surface area (Å²) in [5.41, 5.74) is 3.84. The SMILES string of the molecule is COc1ccc(-c2ccc(/C=N/Nc3nc(N4CCCCC4)nc(N4CCCCC4)n3)o2)cc1Cl. The molecule has 4 heterocycles. The number of nitrogens with zero attached hydrogens (tertiary/aromatic N) is 6. The van der Waals surface area contributed by atoms with E-state index in [1.54, 1.807) is 13.3 Å². The van der Waals surface area contributed by atoms with Crippen LogP contribution in [-0.2, 0) is 0 Å². The Hall–Kier alpha value is -3.33. The Morgan fingerprint density at radius 1 is 0.914 bits per heavy atom. The van der Waals surface area contributed by atoms with E-state index in [2.05, 4.69) is 30.3 Å². The molecule has 35 heavy (non-hydrogen) atoms. The molecule has 10 heteroatoms. The summed E-state index contributed by atoms with van der Waals surface area (Å²) >= 11 is 6.25. The molecule has 3 aromatic rings. The van der Waals surface area contributed by atoms with Crippen LogP contribution in [0.4, 0.5) is 17.8 Å². The minimum atomic E-state index is 0.436. The van der Waals surface area contributed by atoms with Crippen molar-refractivity contribution in [3.63, 3.8) is 0 Å². The monoisotopic (exact) mass is 495 g/mol. The Kier molecular flexibility index (Phi) is 7.32. The second-order valence-corrected chi connectivity index (χ2v) is 9.18. The number of methoxy groups -OCH3 is 1. The van der Waals surface area contributed by atoms with Gasteiger partial charge in [0, 0.05) is 31.7 Å². The van der Waals surface area contributed by atoms with Crippen molar-refractivity contribution in [1.29, 1.82) is 0 Å². The number of aromatic nitrogens is 3. The Morgan fingerprint density at radius 3 is 2.17 bits per heavy atom. The maximum absolute atomic E-state index is 6.25. The fraction of sp³-hybridized carbons (Fsp3) is 0.440. The summed E-state index contributed by atoms with van der Waals surface area (Å²) in [4.78, 5) is 18.6. The molecular weight excluding hydrogens is 466 g/mol. The molecule has 1 N–H and O–H groups in total. The molecule has 0 spiro atoms. The molecule has 0 saturated carbocycles. The number of piperidine rings is 2. The number of anilines is 3. The van der Waals surface area contributed by atoms with Gasteiger partial charge in [0.1, 0.15) is 17.3 Å². The van der Waals surface area contributed by atoms with Crippen LogP contribution in [0.3, 0.4) is 0 Å². The summed E-state index contributed by atoms with van der Waals surface area (Å²) in [7, 11) is 1.59. The fourth-order valence-electron chi connectivity index (χ4n) is 4.43. The van der Waals surface area contributed by atoms with Crippen LogP contribution in [-0.4, -0.2) is 54.5 Å². The van der Waals surface area contributed by atoms with E-state index in [0.717, 1.165) is 69.3 Å². The first-order chi connectivity index (χ1) is 17.2. The third-order valence-electron chi connectivity index (χ3n) is 6.31. The predicted octanol–water partition coefficient (Wildman–Crippen LogP) is 5.22. The van der Waals surface area contributed by atoms with Gasteiger partial charge in [-0.15, -0.1) is 0 Å². The third-order valence-corrected chi connectivity index (χ3v) is 6.60. The topological polar surface area (TPSA) is 91.9 Å². The van der Waals surface area contributed by atoms with Crippen LogP contribution in [0, 0.1) is 0 Å². The zero-order chi connectivity index (χ0) is 24.0. The Balaban J connectivity index is 1.32. The molecule has 0 radical (unpaired) electrons. The van der Waals surface area contributed by atoms with Crippen molar-refractivity contribution in [2.75, 3.05) is 48.5 Å². The molecule has 1 aromatic carbocycles. The number of benzene rings is 1. The standard InChI is InChI=1S/C25H30ClN7O2/c1-34-22-10-8-18(16-20(22)26)21-11-9-19(35-21)17-27-31-23-28-24(32-12-4-2-5-13-32)30-25(29-23)33-14-6-3-7-15-33/h8-11,16-17H,2-7,12-15H2,1H3,(H,28,29,30,31)/b27-17+. The van der Waals surface area contributed by atoms with E-state index in [1.807, 2.05) is 30.3 Å². The van der Waals surface area contributed by atoms with Gasteiger partial charge in [0.2, 0.25) is 17.8 Å². The molecule has 2 aliphatic rings. The molecule has 0 aliphatic carbocycles. The lowest BCUT2D eigenvalue weighted by Gasteiger charge is -2.30. The number of hydrazone groups is 1. The average Bonchev–Trinajstić information content (AvgIpc) is 3.38. The van der Waals surface area contributed by atoms with Gasteiger partial charge in [-0.05, 0) is 68.9 Å². The minimum Gasteiger partial charge on any atom is -0.495 e. The van der Waals surface area contributed by atoms with Gasteiger partial charge in [-0.2, -0.15) is 20.1 Å². The van der Waals surface area contributed by atoms with Crippen molar-refractivity contribution in [2.45, 2.75) is 38.5 Å². The van der Waals surface area contributed by atoms with Crippen molar-refractivity contribution < 1.29 is 9.15 Å². The van der Waals surface area contributed by atoms with Crippen LogP contribution < -0.4 is 20.0 Å². The lowest BCUT2D eigenvalue weighted by molar-refractivity contribution is 0.415. The van der Waals surface area contributed by atoms with Gasteiger partial charge < -0.3 is 19.0 Å². The van der Waals surface area contributed by atoms with Gasteiger partial charge >= 0.3 is 0 Å². The Morgan fingerprint density at radius 2 is 1.57 bits per heavy atom. The number of furan rings is 1. The van der Waals surface area contributed by atoms with E-state index >= 15 is 0 Å². The number of rotatable bonds is 7. The van der Waals surface area contributed by atoms with Crippen LogP contribution in [0.25, 0.3) is 11.3 Å². The van der Waals surface area contributed by atoms with Crippen LogP contribution in [0.1, 0.15) is 44.3 Å². The first-order valence-corrected chi connectivity index (χ1v) is 12.6. The maximum atomic E-state index is 6.25. The smallest absolute Gasteiger partial charge is 0.250 e. The van der Waals surface area contributed by atoms with Crippen molar-refractivity contribution in [3.05, 3.63) is 41.1 Å². The molecule has 5 rings (SSSR count). The quantitative estimate of drug-likeness (QED) is 0.352. The van der Waals surface area contributed by atoms with E-state index in [4.69, 9.17) is 25.7 Å². The largest absolute Gasteiger partial charge is 0.495 e. The lowest BCUT2D eigenvalue weighted by Crippen LogP contribution is -2.34. The normalized spacial score (nSPS) is 16.6. The van der Waals surface area contributed by atoms with Crippen LogP contribution >= 0.6 is 11.6 Å². The first-order valence-electron chi connectivity index (χ1n) is 12.2. The first kappa shape index (κ1) is 23.4. The summed E-state index contributed by atoms with van der Waals surface area (Å²) in [6.45, 7) is 3.88. The molecule has 2 aliphatic heterocycles. The Bertz CT molecular complexity index is 1130. The third kappa shape index (κ3) is 5.67. The van der Waals surface area contributed by atoms with Crippen molar-refractivity contribution >= 4 is 35.7 Å². The molecular formula is C25H30ClN7O2. The highest BCUT2D eigenvalue weighted by Crippen LogP contribution is 2.31. The highest BCUT2D eigenvalue weighted by atomic mass is 35.5. The number of halogens is 1. The van der Waals surface area contributed by atoms with E-state index in [9.17, 15) is 0 Å².